The number of ether oxygens (including phenoxy) is 1. The lowest BCUT2D eigenvalue weighted by atomic mass is 10.2. The van der Waals surface area contributed by atoms with Crippen LogP contribution < -0.4 is 15.5 Å². The fourth-order valence-corrected chi connectivity index (χ4v) is 2.71. The van der Waals surface area contributed by atoms with Crippen LogP contribution in [0.3, 0.4) is 0 Å². The number of nitrogens with zero attached hydrogens (tertiary/aromatic N) is 1. The van der Waals surface area contributed by atoms with Crippen LogP contribution in [0.4, 0.5) is 5.69 Å². The number of amides is 2. The first-order valence-electron chi connectivity index (χ1n) is 7.88. The lowest BCUT2D eigenvalue weighted by Gasteiger charge is -2.09. The molecule has 142 valence electrons. The Morgan fingerprint density at radius 1 is 1.33 bits per heavy atom. The maximum Gasteiger partial charge on any atom is 0.329 e. The summed E-state index contributed by atoms with van der Waals surface area (Å²) in [5.41, 5.74) is 3.78. The number of anilines is 1. The Labute approximate surface area is 169 Å². The third-order valence-electron chi connectivity index (χ3n) is 3.45. The highest BCUT2D eigenvalue weighted by molar-refractivity contribution is 9.10. The van der Waals surface area contributed by atoms with Crippen LogP contribution >= 0.6 is 27.5 Å². The maximum absolute atomic E-state index is 12.0. The largest absolute Gasteiger partial charge is 0.503 e. The van der Waals surface area contributed by atoms with E-state index in [9.17, 15) is 14.7 Å². The molecule has 0 radical (unpaired) electrons. The molecule has 0 spiro atoms. The Morgan fingerprint density at radius 2 is 2.07 bits per heavy atom. The van der Waals surface area contributed by atoms with Gasteiger partial charge in [-0.3, -0.25) is 9.59 Å². The van der Waals surface area contributed by atoms with Crippen LogP contribution in [0.2, 0.25) is 5.02 Å². The molecule has 9 heteroatoms. The molecule has 0 atom stereocenters. The van der Waals surface area contributed by atoms with E-state index in [-0.39, 0.29) is 11.5 Å². The summed E-state index contributed by atoms with van der Waals surface area (Å²) in [6.07, 6.45) is 1.32. The minimum absolute atomic E-state index is 0.0331. The number of phenolic OH excluding ortho intramolecular Hbond substituents is 1. The molecule has 27 heavy (non-hydrogen) atoms. The molecule has 0 unspecified atom stereocenters. The van der Waals surface area contributed by atoms with Crippen LogP contribution in [0.1, 0.15) is 18.1 Å². The van der Waals surface area contributed by atoms with Crippen molar-refractivity contribution in [2.75, 3.05) is 11.9 Å². The Bertz CT molecular complexity index is 902. The van der Waals surface area contributed by atoms with Crippen molar-refractivity contribution in [2.45, 2.75) is 13.8 Å². The predicted molar refractivity (Wildman–Crippen MR) is 108 cm³/mol. The minimum atomic E-state index is -0.937. The topological polar surface area (TPSA) is 100 Å². The summed E-state index contributed by atoms with van der Waals surface area (Å²) < 4.78 is 5.72. The van der Waals surface area contributed by atoms with Crippen LogP contribution in [-0.4, -0.2) is 29.7 Å². The second kappa shape index (κ2) is 9.38. The van der Waals surface area contributed by atoms with Gasteiger partial charge in [-0.15, -0.1) is 0 Å². The second-order valence-corrected chi connectivity index (χ2v) is 6.61. The number of carbonyl (C=O) groups excluding carboxylic acids is 2. The van der Waals surface area contributed by atoms with Gasteiger partial charge in [-0.1, -0.05) is 17.7 Å². The first-order chi connectivity index (χ1) is 12.8. The smallest absolute Gasteiger partial charge is 0.329 e. The molecule has 0 saturated heterocycles. The van der Waals surface area contributed by atoms with Gasteiger partial charge in [-0.05, 0) is 65.2 Å². The molecule has 7 nitrogen and oxygen atoms in total. The van der Waals surface area contributed by atoms with E-state index in [1.807, 2.05) is 0 Å². The number of carbonyl (C=O) groups is 2. The first-order valence-corrected chi connectivity index (χ1v) is 9.05. The summed E-state index contributed by atoms with van der Waals surface area (Å²) in [6.45, 7) is 3.89. The quantitative estimate of drug-likeness (QED) is 0.365. The number of hydrogen-bond donors (Lipinski definition) is 3. The number of hydrazone groups is 1. The average molecular weight is 455 g/mol. The number of hydrogen-bond acceptors (Lipinski definition) is 5. The lowest BCUT2D eigenvalue weighted by Crippen LogP contribution is -2.32. The molecule has 0 aliphatic heterocycles. The summed E-state index contributed by atoms with van der Waals surface area (Å²) >= 11 is 9.19. The van der Waals surface area contributed by atoms with Crippen LogP contribution in [0.5, 0.6) is 11.5 Å². The Kier molecular flexibility index (Phi) is 7.20. The van der Waals surface area contributed by atoms with Crippen molar-refractivity contribution in [1.82, 2.24) is 5.43 Å². The first kappa shape index (κ1) is 20.7. The number of benzene rings is 2. The third-order valence-corrected chi connectivity index (χ3v) is 4.47. The van der Waals surface area contributed by atoms with E-state index in [1.165, 1.54) is 6.21 Å². The number of phenols is 1. The Balaban J connectivity index is 2.02. The molecule has 0 saturated carbocycles. The molecule has 2 aromatic carbocycles. The fourth-order valence-electron chi connectivity index (χ4n) is 2.07. The van der Waals surface area contributed by atoms with Crippen molar-refractivity contribution in [2.24, 2.45) is 5.10 Å². The fraction of sp³-hybridized carbons (Fsp3) is 0.167. The monoisotopic (exact) mass is 453 g/mol. The van der Waals surface area contributed by atoms with E-state index in [2.05, 4.69) is 31.8 Å². The summed E-state index contributed by atoms with van der Waals surface area (Å²) in [6, 6.07) is 8.12. The molecule has 0 aliphatic rings. The highest BCUT2D eigenvalue weighted by Crippen LogP contribution is 2.35. The molecule has 0 bridgehead atoms. The molecule has 2 amide bonds. The molecule has 2 aromatic rings. The van der Waals surface area contributed by atoms with Gasteiger partial charge in [0.05, 0.1) is 17.3 Å². The molecule has 0 heterocycles. The SMILES string of the molecule is CCOc1cc(C=NNC(=O)C(=O)Nc2cccc(Cl)c2C)cc(Br)c1O. The van der Waals surface area contributed by atoms with E-state index in [0.717, 1.165) is 0 Å². The van der Waals surface area contributed by atoms with Gasteiger partial charge < -0.3 is 15.2 Å². The van der Waals surface area contributed by atoms with Gasteiger partial charge >= 0.3 is 11.8 Å². The molecule has 0 aromatic heterocycles. The van der Waals surface area contributed by atoms with Crippen molar-refractivity contribution >= 4 is 51.2 Å². The zero-order chi connectivity index (χ0) is 20.0. The number of nitrogens with one attached hydrogen (secondary N) is 2. The van der Waals surface area contributed by atoms with E-state index in [0.29, 0.717) is 32.9 Å². The summed E-state index contributed by atoms with van der Waals surface area (Å²) in [5.74, 6) is -1.57. The number of rotatable bonds is 5. The van der Waals surface area contributed by atoms with Gasteiger partial charge in [0.1, 0.15) is 0 Å². The van der Waals surface area contributed by atoms with Crippen molar-refractivity contribution in [3.63, 3.8) is 0 Å². The van der Waals surface area contributed by atoms with Gasteiger partial charge in [0, 0.05) is 10.7 Å². The number of halogens is 2. The van der Waals surface area contributed by atoms with E-state index >= 15 is 0 Å². The third kappa shape index (κ3) is 5.45. The molecule has 3 N–H and O–H groups in total. The van der Waals surface area contributed by atoms with Crippen LogP contribution in [0, 0.1) is 6.92 Å². The van der Waals surface area contributed by atoms with E-state index < -0.39 is 11.8 Å². The summed E-state index contributed by atoms with van der Waals surface area (Å²) in [5, 5.41) is 16.6. The normalized spacial score (nSPS) is 10.7. The van der Waals surface area contributed by atoms with Gasteiger partial charge in [0.15, 0.2) is 11.5 Å². The summed E-state index contributed by atoms with van der Waals surface area (Å²) in [7, 11) is 0. The number of aromatic hydroxyl groups is 1. The molecule has 0 fully saturated rings. The zero-order valence-electron chi connectivity index (χ0n) is 14.5. The molecule has 2 rings (SSSR count). The van der Waals surface area contributed by atoms with Gasteiger partial charge in [-0.25, -0.2) is 5.43 Å². The van der Waals surface area contributed by atoms with Crippen LogP contribution in [0.25, 0.3) is 0 Å². The highest BCUT2D eigenvalue weighted by atomic mass is 79.9. The van der Waals surface area contributed by atoms with Crippen molar-refractivity contribution in [3.05, 3.63) is 51.0 Å². The van der Waals surface area contributed by atoms with Crippen molar-refractivity contribution < 1.29 is 19.4 Å². The maximum atomic E-state index is 12.0. The van der Waals surface area contributed by atoms with Crippen LogP contribution in [-0.2, 0) is 9.59 Å². The zero-order valence-corrected chi connectivity index (χ0v) is 16.9. The minimum Gasteiger partial charge on any atom is -0.503 e. The van der Waals surface area contributed by atoms with Crippen LogP contribution in [0.15, 0.2) is 39.9 Å². The van der Waals surface area contributed by atoms with E-state index in [4.69, 9.17) is 16.3 Å². The van der Waals surface area contributed by atoms with Gasteiger partial charge in [-0.2, -0.15) is 5.10 Å². The lowest BCUT2D eigenvalue weighted by molar-refractivity contribution is -0.136. The average Bonchev–Trinajstić information content (AvgIpc) is 2.63. The standard InChI is InChI=1S/C18H17BrClN3O4/c1-3-27-15-8-11(7-12(19)16(15)24)9-21-23-18(26)17(25)22-14-6-4-5-13(20)10(14)2/h4-9,24H,3H2,1-2H3,(H,22,25)(H,23,26). The van der Waals surface area contributed by atoms with Crippen molar-refractivity contribution in [3.8, 4) is 11.5 Å². The predicted octanol–water partition coefficient (Wildman–Crippen LogP) is 3.60. The van der Waals surface area contributed by atoms with E-state index in [1.54, 1.807) is 44.2 Å². The Morgan fingerprint density at radius 3 is 2.78 bits per heavy atom. The van der Waals surface area contributed by atoms with Gasteiger partial charge in [0.2, 0.25) is 0 Å². The highest BCUT2D eigenvalue weighted by Gasteiger charge is 2.15. The molecular formula is C18H17BrClN3O4. The molecular weight excluding hydrogens is 438 g/mol. The second-order valence-electron chi connectivity index (χ2n) is 5.35. The molecule has 0 aliphatic carbocycles. The summed E-state index contributed by atoms with van der Waals surface area (Å²) in [4.78, 5) is 23.8. The van der Waals surface area contributed by atoms with Gasteiger partial charge in [0.25, 0.3) is 0 Å². The Hall–Kier alpha value is -2.58. The van der Waals surface area contributed by atoms with Crippen molar-refractivity contribution in [1.29, 1.82) is 0 Å².